The number of rotatable bonds is 6. The predicted molar refractivity (Wildman–Crippen MR) is 84.4 cm³/mol. The van der Waals surface area contributed by atoms with Crippen LogP contribution in [-0.2, 0) is 0 Å². The minimum atomic E-state index is -5.81. The van der Waals surface area contributed by atoms with Gasteiger partial charge in [-0.2, -0.15) is 0 Å². The molecule has 0 aromatic heterocycles. The lowest BCUT2D eigenvalue weighted by Crippen LogP contribution is -2.33. The summed E-state index contributed by atoms with van der Waals surface area (Å²) in [5.41, 5.74) is -2.96. The van der Waals surface area contributed by atoms with E-state index in [4.69, 9.17) is 0 Å². The van der Waals surface area contributed by atoms with Gasteiger partial charge in [-0.15, -0.1) is 52.7 Å². The maximum Gasteiger partial charge on any atom is 0.573 e. The molecule has 0 spiro atoms. The summed E-state index contributed by atoms with van der Waals surface area (Å²) >= 11 is 0. The third kappa shape index (κ3) is 9.13. The van der Waals surface area contributed by atoms with Gasteiger partial charge in [0, 0.05) is 12.1 Å². The van der Waals surface area contributed by atoms with Crippen LogP contribution in [0.15, 0.2) is 6.07 Å². The summed E-state index contributed by atoms with van der Waals surface area (Å²) in [6, 6.07) is -2.33. The molecule has 5 nitrogen and oxygen atoms in total. The Labute approximate surface area is 177 Å². The first-order valence-electron chi connectivity index (χ1n) is 8.34. The van der Waals surface area contributed by atoms with Gasteiger partial charge in [0.2, 0.25) is 0 Å². The van der Waals surface area contributed by atoms with Crippen molar-refractivity contribution in [3.63, 3.8) is 0 Å². The van der Waals surface area contributed by atoms with Crippen molar-refractivity contribution in [1.29, 1.82) is 0 Å². The minimum Gasteiger partial charge on any atom is -0.402 e. The topological polar surface area (TPSA) is 49.0 Å². The molecule has 0 aliphatic rings. The molecule has 0 bridgehead atoms. The quantitative estimate of drug-likeness (QED) is 0.436. The number of halogens is 12. The molecular formula is C16H15F12NO4. The highest BCUT2D eigenvalue weighted by Crippen LogP contribution is 2.54. The Morgan fingerprint density at radius 2 is 0.909 bits per heavy atom. The summed E-state index contributed by atoms with van der Waals surface area (Å²) in [5.74, 6) is -8.17. The highest BCUT2D eigenvalue weighted by Gasteiger charge is 2.46. The van der Waals surface area contributed by atoms with Crippen molar-refractivity contribution in [2.45, 2.75) is 52.3 Å². The monoisotopic (exact) mass is 513 g/mol. The zero-order valence-electron chi connectivity index (χ0n) is 16.8. The number of hydrogen-bond acceptors (Lipinski definition) is 5. The summed E-state index contributed by atoms with van der Waals surface area (Å²) in [4.78, 5) is 0. The molecule has 17 heteroatoms. The first-order chi connectivity index (χ1) is 14.4. The zero-order valence-corrected chi connectivity index (χ0v) is 16.8. The molecule has 1 unspecified atom stereocenters. The van der Waals surface area contributed by atoms with E-state index in [1.807, 2.05) is 0 Å². The third-order valence-corrected chi connectivity index (χ3v) is 3.53. The molecule has 0 amide bonds. The van der Waals surface area contributed by atoms with Crippen LogP contribution < -0.4 is 24.3 Å². The molecule has 1 rings (SSSR count). The molecule has 1 aromatic rings. The van der Waals surface area contributed by atoms with E-state index in [0.29, 0.717) is 0 Å². The maximum absolute atomic E-state index is 13.0. The van der Waals surface area contributed by atoms with Crippen molar-refractivity contribution >= 4 is 0 Å². The van der Waals surface area contributed by atoms with Crippen molar-refractivity contribution < 1.29 is 71.6 Å². The Kier molecular flexibility index (Phi) is 7.84. The van der Waals surface area contributed by atoms with Crippen LogP contribution in [0, 0.1) is 5.41 Å². The fourth-order valence-corrected chi connectivity index (χ4v) is 2.73. The molecule has 0 saturated heterocycles. The standard InChI is InChI=1S/C16H15F12NO4/c1-12(2,3)11(29-4)8-9(32-15(23,24)25)6(30-13(17,18)19)5-7(31-14(20,21)22)10(8)33-16(26,27)28/h5,11,29H,1-4H3. The van der Waals surface area contributed by atoms with Crippen molar-refractivity contribution in [2.75, 3.05) is 7.05 Å². The van der Waals surface area contributed by atoms with Crippen LogP contribution in [0.25, 0.3) is 0 Å². The molecule has 1 aromatic carbocycles. The number of alkyl halides is 12. The summed E-state index contributed by atoms with van der Waals surface area (Å²) in [7, 11) is 0.965. The van der Waals surface area contributed by atoms with Crippen LogP contribution in [0.2, 0.25) is 0 Å². The normalized spacial score (nSPS) is 14.7. The third-order valence-electron chi connectivity index (χ3n) is 3.53. The van der Waals surface area contributed by atoms with Gasteiger partial charge in [0.25, 0.3) is 0 Å². The molecule has 0 radical (unpaired) electrons. The molecule has 0 saturated carbocycles. The van der Waals surface area contributed by atoms with Gasteiger partial charge in [-0.25, -0.2) is 0 Å². The number of nitrogens with one attached hydrogen (secondary N) is 1. The van der Waals surface area contributed by atoms with Crippen LogP contribution in [0.3, 0.4) is 0 Å². The van der Waals surface area contributed by atoms with Gasteiger partial charge in [-0.1, -0.05) is 20.8 Å². The summed E-state index contributed by atoms with van der Waals surface area (Å²) in [5, 5.41) is 2.22. The van der Waals surface area contributed by atoms with E-state index < -0.39 is 71.5 Å². The fraction of sp³-hybridized carbons (Fsp3) is 0.625. The van der Waals surface area contributed by atoms with E-state index in [1.165, 1.54) is 20.8 Å². The zero-order chi connectivity index (χ0) is 26.2. The molecule has 0 heterocycles. The van der Waals surface area contributed by atoms with Gasteiger partial charge in [0.1, 0.15) is 0 Å². The van der Waals surface area contributed by atoms with E-state index in [9.17, 15) is 52.7 Å². The lowest BCUT2D eigenvalue weighted by molar-refractivity contribution is -0.292. The average Bonchev–Trinajstić information content (AvgIpc) is 2.47. The van der Waals surface area contributed by atoms with Crippen LogP contribution in [0.1, 0.15) is 32.4 Å². The van der Waals surface area contributed by atoms with E-state index in [2.05, 4.69) is 24.3 Å². The van der Waals surface area contributed by atoms with Gasteiger partial charge in [-0.05, 0) is 12.5 Å². The first kappa shape index (κ1) is 28.6. The number of hydrogen-bond donors (Lipinski definition) is 1. The Morgan fingerprint density at radius 1 is 0.606 bits per heavy atom. The van der Waals surface area contributed by atoms with Gasteiger partial charge in [0.15, 0.2) is 23.0 Å². The van der Waals surface area contributed by atoms with Crippen LogP contribution in [-0.4, -0.2) is 32.5 Å². The van der Waals surface area contributed by atoms with E-state index in [-0.39, 0.29) is 0 Å². The minimum absolute atomic E-state index is 0.512. The largest absolute Gasteiger partial charge is 0.573 e. The predicted octanol–water partition coefficient (Wildman–Crippen LogP) is 6.59. The molecule has 1 N–H and O–H groups in total. The first-order valence-corrected chi connectivity index (χ1v) is 8.34. The molecule has 0 fully saturated rings. The Balaban J connectivity index is 4.22. The van der Waals surface area contributed by atoms with E-state index >= 15 is 0 Å². The molecule has 0 aliphatic carbocycles. The summed E-state index contributed by atoms with van der Waals surface area (Å²) in [6.07, 6.45) is -23.2. The van der Waals surface area contributed by atoms with E-state index in [1.54, 1.807) is 0 Å². The Hall–Kier alpha value is -2.46. The maximum atomic E-state index is 13.0. The second kappa shape index (κ2) is 9.06. The van der Waals surface area contributed by atoms with Gasteiger partial charge in [-0.3, -0.25) is 0 Å². The summed E-state index contributed by atoms with van der Waals surface area (Å²) in [6.45, 7) is 3.60. The Morgan fingerprint density at radius 3 is 1.12 bits per heavy atom. The number of benzene rings is 1. The molecule has 192 valence electrons. The Bertz CT molecular complexity index is 767. The van der Waals surface area contributed by atoms with Gasteiger partial charge >= 0.3 is 25.4 Å². The van der Waals surface area contributed by atoms with Crippen molar-refractivity contribution in [1.82, 2.24) is 5.32 Å². The molecule has 1 atom stereocenters. The average molecular weight is 513 g/mol. The highest BCUT2D eigenvalue weighted by molar-refractivity contribution is 5.63. The molecule has 0 aliphatic heterocycles. The highest BCUT2D eigenvalue weighted by atomic mass is 19.4. The van der Waals surface area contributed by atoms with Gasteiger partial charge in [0.05, 0.1) is 5.56 Å². The smallest absolute Gasteiger partial charge is 0.402 e. The van der Waals surface area contributed by atoms with Crippen LogP contribution in [0.4, 0.5) is 52.7 Å². The fourth-order valence-electron chi connectivity index (χ4n) is 2.73. The lowest BCUT2D eigenvalue weighted by atomic mass is 9.81. The summed E-state index contributed by atoms with van der Waals surface area (Å²) < 4.78 is 168. The SMILES string of the molecule is CNC(c1c(OC(F)(F)F)c(OC(F)(F)F)cc(OC(F)(F)F)c1OC(F)(F)F)C(C)(C)C. The van der Waals surface area contributed by atoms with Crippen molar-refractivity contribution in [2.24, 2.45) is 5.41 Å². The second-order valence-electron chi connectivity index (χ2n) is 7.22. The van der Waals surface area contributed by atoms with Gasteiger partial charge < -0.3 is 24.3 Å². The second-order valence-corrected chi connectivity index (χ2v) is 7.22. The lowest BCUT2D eigenvalue weighted by Gasteiger charge is -2.34. The van der Waals surface area contributed by atoms with E-state index in [0.717, 1.165) is 7.05 Å². The van der Waals surface area contributed by atoms with Crippen molar-refractivity contribution in [3.8, 4) is 23.0 Å². The van der Waals surface area contributed by atoms with Crippen molar-refractivity contribution in [3.05, 3.63) is 11.6 Å². The number of ether oxygens (including phenoxy) is 4. The molecule has 33 heavy (non-hydrogen) atoms. The molecular weight excluding hydrogens is 498 g/mol. The van der Waals surface area contributed by atoms with Crippen LogP contribution >= 0.6 is 0 Å². The van der Waals surface area contributed by atoms with Crippen LogP contribution in [0.5, 0.6) is 23.0 Å².